The van der Waals surface area contributed by atoms with Crippen LogP contribution in [0.4, 0.5) is 0 Å². The minimum Gasteiger partial charge on any atom is -0.493 e. The molecular weight excluding hydrogens is 240 g/mol. The van der Waals surface area contributed by atoms with Crippen LogP contribution >= 0.6 is 12.6 Å². The van der Waals surface area contributed by atoms with Gasteiger partial charge in [-0.1, -0.05) is 37.8 Å². The zero-order valence-corrected chi connectivity index (χ0v) is 12.2. The summed E-state index contributed by atoms with van der Waals surface area (Å²) < 4.78 is 6.03. The molecule has 0 atom stereocenters. The molecule has 0 radical (unpaired) electrons. The van der Waals surface area contributed by atoms with Crippen molar-refractivity contribution in [3.8, 4) is 5.75 Å². The second-order valence-electron chi connectivity index (χ2n) is 5.68. The monoisotopic (exact) mass is 264 g/mol. The minimum absolute atomic E-state index is 0.295. The molecule has 0 heterocycles. The Kier molecular flexibility index (Phi) is 4.99. The van der Waals surface area contributed by atoms with Crippen molar-refractivity contribution < 1.29 is 4.74 Å². The van der Waals surface area contributed by atoms with Crippen molar-refractivity contribution in [1.29, 1.82) is 0 Å². The summed E-state index contributed by atoms with van der Waals surface area (Å²) in [5, 5.41) is 0. The summed E-state index contributed by atoms with van der Waals surface area (Å²) >= 11 is 4.58. The summed E-state index contributed by atoms with van der Waals surface area (Å²) in [5.41, 5.74) is 1.55. The third-order valence-electron chi connectivity index (χ3n) is 4.03. The van der Waals surface area contributed by atoms with Crippen LogP contribution in [-0.4, -0.2) is 12.4 Å². The average molecular weight is 264 g/mol. The maximum absolute atomic E-state index is 6.03. The zero-order valence-electron chi connectivity index (χ0n) is 11.3. The Morgan fingerprint density at radius 1 is 1.17 bits per heavy atom. The molecule has 1 aliphatic carbocycles. The van der Waals surface area contributed by atoms with E-state index in [2.05, 4.69) is 43.8 Å². The average Bonchev–Trinajstić information content (AvgIpc) is 2.63. The SMILES string of the molecule is Cc1cccc(OCC2(CS)CCCCCC2)c1. The Hall–Kier alpha value is -0.630. The molecule has 0 unspecified atom stereocenters. The summed E-state index contributed by atoms with van der Waals surface area (Å²) in [7, 11) is 0. The van der Waals surface area contributed by atoms with Crippen molar-refractivity contribution in [2.24, 2.45) is 5.41 Å². The van der Waals surface area contributed by atoms with Crippen LogP contribution in [0, 0.1) is 12.3 Å². The molecule has 100 valence electrons. The molecule has 1 nitrogen and oxygen atoms in total. The van der Waals surface area contributed by atoms with Gasteiger partial charge < -0.3 is 4.74 Å². The fraction of sp³-hybridized carbons (Fsp3) is 0.625. The van der Waals surface area contributed by atoms with Gasteiger partial charge in [0, 0.05) is 5.41 Å². The van der Waals surface area contributed by atoms with Crippen LogP contribution in [0.1, 0.15) is 44.1 Å². The van der Waals surface area contributed by atoms with Crippen LogP contribution in [0.2, 0.25) is 0 Å². The van der Waals surface area contributed by atoms with Crippen LogP contribution in [-0.2, 0) is 0 Å². The van der Waals surface area contributed by atoms with Crippen LogP contribution < -0.4 is 4.74 Å². The predicted octanol–water partition coefficient (Wildman–Crippen LogP) is 4.64. The number of ether oxygens (including phenoxy) is 1. The number of aryl methyl sites for hydroxylation is 1. The topological polar surface area (TPSA) is 9.23 Å². The van der Waals surface area contributed by atoms with Gasteiger partial charge in [-0.3, -0.25) is 0 Å². The molecule has 2 rings (SSSR count). The van der Waals surface area contributed by atoms with Gasteiger partial charge >= 0.3 is 0 Å². The lowest BCUT2D eigenvalue weighted by Gasteiger charge is -2.31. The lowest BCUT2D eigenvalue weighted by atomic mass is 9.83. The first kappa shape index (κ1) is 13.8. The van der Waals surface area contributed by atoms with E-state index in [9.17, 15) is 0 Å². The first-order valence-corrected chi connectivity index (χ1v) is 7.68. The second-order valence-corrected chi connectivity index (χ2v) is 5.99. The quantitative estimate of drug-likeness (QED) is 0.615. The molecular formula is C16H24OS. The highest BCUT2D eigenvalue weighted by molar-refractivity contribution is 7.80. The lowest BCUT2D eigenvalue weighted by molar-refractivity contribution is 0.148. The lowest BCUT2D eigenvalue weighted by Crippen LogP contribution is -2.30. The van der Waals surface area contributed by atoms with Crippen LogP contribution in [0.25, 0.3) is 0 Å². The number of hydrogen-bond acceptors (Lipinski definition) is 2. The Balaban J connectivity index is 1.97. The highest BCUT2D eigenvalue weighted by Crippen LogP contribution is 2.36. The minimum atomic E-state index is 0.295. The molecule has 0 aliphatic heterocycles. The standard InChI is InChI=1S/C16H24OS/c1-14-7-6-8-15(11-14)17-12-16(13-18)9-4-2-3-5-10-16/h6-8,11,18H,2-5,9-10,12-13H2,1H3. The number of thiol groups is 1. The molecule has 1 aromatic carbocycles. The largest absolute Gasteiger partial charge is 0.493 e. The van der Waals surface area contributed by atoms with Gasteiger partial charge in [0.1, 0.15) is 5.75 Å². The van der Waals surface area contributed by atoms with Gasteiger partial charge in [-0.15, -0.1) is 0 Å². The molecule has 0 amide bonds. The molecule has 0 aromatic heterocycles. The van der Waals surface area contributed by atoms with Gasteiger partial charge in [0.05, 0.1) is 6.61 Å². The first-order valence-electron chi connectivity index (χ1n) is 7.04. The summed E-state index contributed by atoms with van der Waals surface area (Å²) in [4.78, 5) is 0. The summed E-state index contributed by atoms with van der Waals surface area (Å²) in [5.74, 6) is 1.94. The molecule has 0 bridgehead atoms. The van der Waals surface area contributed by atoms with Crippen LogP contribution in [0.3, 0.4) is 0 Å². The zero-order chi connectivity index (χ0) is 12.8. The fourth-order valence-electron chi connectivity index (χ4n) is 2.77. The van der Waals surface area contributed by atoms with Gasteiger partial charge in [-0.05, 0) is 43.2 Å². The van der Waals surface area contributed by atoms with E-state index in [0.717, 1.165) is 18.1 Å². The summed E-state index contributed by atoms with van der Waals surface area (Å²) in [6.07, 6.45) is 7.94. The third-order valence-corrected chi connectivity index (χ3v) is 4.71. The summed E-state index contributed by atoms with van der Waals surface area (Å²) in [6.45, 7) is 2.92. The van der Waals surface area contributed by atoms with Gasteiger partial charge in [0.25, 0.3) is 0 Å². The molecule has 0 spiro atoms. The predicted molar refractivity (Wildman–Crippen MR) is 80.7 cm³/mol. The Labute approximate surface area is 116 Å². The van der Waals surface area contributed by atoms with E-state index >= 15 is 0 Å². The maximum atomic E-state index is 6.03. The van der Waals surface area contributed by atoms with E-state index in [-0.39, 0.29) is 0 Å². The smallest absolute Gasteiger partial charge is 0.119 e. The van der Waals surface area contributed by atoms with Gasteiger partial charge in [-0.2, -0.15) is 12.6 Å². The van der Waals surface area contributed by atoms with E-state index in [1.54, 1.807) is 0 Å². The third kappa shape index (κ3) is 3.68. The highest BCUT2D eigenvalue weighted by Gasteiger charge is 2.30. The van der Waals surface area contributed by atoms with Gasteiger partial charge in [-0.25, -0.2) is 0 Å². The summed E-state index contributed by atoms with van der Waals surface area (Å²) in [6, 6.07) is 8.33. The van der Waals surface area contributed by atoms with Crippen molar-refractivity contribution in [2.45, 2.75) is 45.4 Å². The molecule has 2 heteroatoms. The van der Waals surface area contributed by atoms with Crippen molar-refractivity contribution in [3.63, 3.8) is 0 Å². The number of hydrogen-bond donors (Lipinski definition) is 1. The van der Waals surface area contributed by atoms with E-state index in [0.29, 0.717) is 5.41 Å². The van der Waals surface area contributed by atoms with Gasteiger partial charge in [0.15, 0.2) is 0 Å². The van der Waals surface area contributed by atoms with Crippen molar-refractivity contribution >= 4 is 12.6 Å². The van der Waals surface area contributed by atoms with E-state index in [4.69, 9.17) is 4.74 Å². The molecule has 18 heavy (non-hydrogen) atoms. The molecule has 0 saturated heterocycles. The van der Waals surface area contributed by atoms with Gasteiger partial charge in [0.2, 0.25) is 0 Å². The van der Waals surface area contributed by atoms with Crippen LogP contribution in [0.15, 0.2) is 24.3 Å². The first-order chi connectivity index (χ1) is 8.74. The number of benzene rings is 1. The Bertz CT molecular complexity index is 367. The molecule has 1 saturated carbocycles. The molecule has 1 fully saturated rings. The van der Waals surface area contributed by atoms with Crippen molar-refractivity contribution in [1.82, 2.24) is 0 Å². The van der Waals surface area contributed by atoms with E-state index < -0.39 is 0 Å². The molecule has 0 N–H and O–H groups in total. The van der Waals surface area contributed by atoms with E-state index in [1.807, 2.05) is 0 Å². The number of rotatable bonds is 4. The molecule has 1 aliphatic rings. The Morgan fingerprint density at radius 3 is 2.50 bits per heavy atom. The molecule has 1 aromatic rings. The van der Waals surface area contributed by atoms with E-state index in [1.165, 1.54) is 44.1 Å². The second kappa shape index (κ2) is 6.51. The highest BCUT2D eigenvalue weighted by atomic mass is 32.1. The normalized spacial score (nSPS) is 19.2. The van der Waals surface area contributed by atoms with Crippen molar-refractivity contribution in [2.75, 3.05) is 12.4 Å². The van der Waals surface area contributed by atoms with Crippen molar-refractivity contribution in [3.05, 3.63) is 29.8 Å². The van der Waals surface area contributed by atoms with Crippen LogP contribution in [0.5, 0.6) is 5.75 Å². The Morgan fingerprint density at radius 2 is 1.89 bits per heavy atom. The maximum Gasteiger partial charge on any atom is 0.119 e. The fourth-order valence-corrected chi connectivity index (χ4v) is 3.18.